The van der Waals surface area contributed by atoms with Crippen molar-refractivity contribution in [3.05, 3.63) is 29.8 Å². The zero-order valence-electron chi connectivity index (χ0n) is 11.3. The van der Waals surface area contributed by atoms with Crippen molar-refractivity contribution in [2.24, 2.45) is 0 Å². The van der Waals surface area contributed by atoms with Crippen molar-refractivity contribution < 1.29 is 4.79 Å². The topological polar surface area (TPSA) is 41.1 Å². The molecule has 0 radical (unpaired) electrons. The van der Waals surface area contributed by atoms with E-state index in [1.54, 1.807) is 0 Å². The van der Waals surface area contributed by atoms with Crippen LogP contribution in [0.2, 0.25) is 0 Å². The number of nitrogens with one attached hydrogen (secondary N) is 2. The fourth-order valence-corrected chi connectivity index (χ4v) is 2.57. The van der Waals surface area contributed by atoms with Crippen molar-refractivity contribution in [3.8, 4) is 0 Å². The Hall–Kier alpha value is -1.51. The van der Waals surface area contributed by atoms with Crippen LogP contribution in [0.4, 0.5) is 5.69 Å². The van der Waals surface area contributed by atoms with Crippen LogP contribution in [-0.2, 0) is 0 Å². The van der Waals surface area contributed by atoms with Gasteiger partial charge >= 0.3 is 0 Å². The smallest absolute Gasteiger partial charge is 0.251 e. The third-order valence-corrected chi connectivity index (χ3v) is 3.65. The highest BCUT2D eigenvalue weighted by atomic mass is 16.1. The second-order valence-corrected chi connectivity index (χ2v) is 5.33. The number of amides is 1. The molecule has 0 saturated heterocycles. The molecule has 0 spiro atoms. The van der Waals surface area contributed by atoms with Gasteiger partial charge in [-0.15, -0.1) is 0 Å². The van der Waals surface area contributed by atoms with Crippen LogP contribution >= 0.6 is 0 Å². The van der Waals surface area contributed by atoms with Gasteiger partial charge in [0.1, 0.15) is 0 Å². The van der Waals surface area contributed by atoms with E-state index in [-0.39, 0.29) is 11.4 Å². The lowest BCUT2D eigenvalue weighted by molar-refractivity contribution is 0.0908. The third kappa shape index (κ3) is 3.03. The molecule has 0 aliphatic heterocycles. The molecule has 3 heteroatoms. The first-order valence-corrected chi connectivity index (χ1v) is 6.79. The molecule has 0 atom stereocenters. The predicted molar refractivity (Wildman–Crippen MR) is 74.9 cm³/mol. The highest BCUT2D eigenvalue weighted by molar-refractivity contribution is 5.95. The molecule has 2 N–H and O–H groups in total. The van der Waals surface area contributed by atoms with Gasteiger partial charge in [-0.05, 0) is 51.0 Å². The molecule has 18 heavy (non-hydrogen) atoms. The molecule has 1 aliphatic rings. The zero-order valence-corrected chi connectivity index (χ0v) is 11.3. The normalized spacial score (nSPS) is 17.4. The first-order valence-electron chi connectivity index (χ1n) is 6.79. The largest absolute Gasteiger partial charge is 0.385 e. The van der Waals surface area contributed by atoms with Crippen molar-refractivity contribution >= 4 is 11.6 Å². The molecule has 3 nitrogen and oxygen atoms in total. The molecule has 1 saturated carbocycles. The molecule has 2 rings (SSSR count). The van der Waals surface area contributed by atoms with Gasteiger partial charge in [0.05, 0.1) is 0 Å². The molecule has 1 aromatic carbocycles. The van der Waals surface area contributed by atoms with E-state index in [0.717, 1.165) is 30.6 Å². The number of rotatable bonds is 4. The van der Waals surface area contributed by atoms with Crippen molar-refractivity contribution in [3.63, 3.8) is 0 Å². The molecule has 0 unspecified atom stereocenters. The molecule has 0 heterocycles. The van der Waals surface area contributed by atoms with Crippen LogP contribution in [0, 0.1) is 0 Å². The Morgan fingerprint density at radius 1 is 1.22 bits per heavy atom. The Balaban J connectivity index is 2.00. The number of anilines is 1. The summed E-state index contributed by atoms with van der Waals surface area (Å²) < 4.78 is 0. The van der Waals surface area contributed by atoms with Crippen LogP contribution in [0.15, 0.2) is 24.3 Å². The van der Waals surface area contributed by atoms with Gasteiger partial charge in [0.25, 0.3) is 5.91 Å². The maximum Gasteiger partial charge on any atom is 0.251 e. The van der Waals surface area contributed by atoms with Crippen LogP contribution in [0.25, 0.3) is 0 Å². The number of hydrogen-bond acceptors (Lipinski definition) is 2. The van der Waals surface area contributed by atoms with Crippen LogP contribution in [-0.4, -0.2) is 18.0 Å². The summed E-state index contributed by atoms with van der Waals surface area (Å²) in [4.78, 5) is 12.1. The first kappa shape index (κ1) is 12.9. The summed E-state index contributed by atoms with van der Waals surface area (Å²) in [6.07, 6.45) is 4.62. The standard InChI is InChI=1S/C15H22N2O/c1-3-16-13-8-6-12(7-9-13)14(18)17-15(2)10-4-5-11-15/h6-9,16H,3-5,10-11H2,1-2H3,(H,17,18). The van der Waals surface area contributed by atoms with E-state index in [1.165, 1.54) is 12.8 Å². The van der Waals surface area contributed by atoms with Crippen molar-refractivity contribution in [2.45, 2.75) is 45.1 Å². The highest BCUT2D eigenvalue weighted by Crippen LogP contribution is 2.29. The van der Waals surface area contributed by atoms with Crippen LogP contribution in [0.3, 0.4) is 0 Å². The van der Waals surface area contributed by atoms with Gasteiger partial charge < -0.3 is 10.6 Å². The van der Waals surface area contributed by atoms with Crippen LogP contribution in [0.5, 0.6) is 0 Å². The average molecular weight is 246 g/mol. The lowest BCUT2D eigenvalue weighted by Gasteiger charge is -2.25. The lowest BCUT2D eigenvalue weighted by Crippen LogP contribution is -2.43. The van der Waals surface area contributed by atoms with E-state index in [2.05, 4.69) is 24.5 Å². The second kappa shape index (κ2) is 5.42. The third-order valence-electron chi connectivity index (χ3n) is 3.65. The second-order valence-electron chi connectivity index (χ2n) is 5.33. The first-order chi connectivity index (χ1) is 8.63. The lowest BCUT2D eigenvalue weighted by atomic mass is 10.00. The molecule has 98 valence electrons. The minimum Gasteiger partial charge on any atom is -0.385 e. The number of hydrogen-bond donors (Lipinski definition) is 2. The number of benzene rings is 1. The highest BCUT2D eigenvalue weighted by Gasteiger charge is 2.30. The van der Waals surface area contributed by atoms with Gasteiger partial charge in [0.2, 0.25) is 0 Å². The summed E-state index contributed by atoms with van der Waals surface area (Å²) in [5.74, 6) is 0.0439. The minimum absolute atomic E-state index is 0.00256. The van der Waals surface area contributed by atoms with Gasteiger partial charge in [-0.1, -0.05) is 12.8 Å². The Bertz CT molecular complexity index is 405. The van der Waals surface area contributed by atoms with E-state index in [4.69, 9.17) is 0 Å². The van der Waals surface area contributed by atoms with E-state index in [0.29, 0.717) is 0 Å². The quantitative estimate of drug-likeness (QED) is 0.856. The van der Waals surface area contributed by atoms with Crippen LogP contribution in [0.1, 0.15) is 49.9 Å². The van der Waals surface area contributed by atoms with Gasteiger partial charge in [0, 0.05) is 23.3 Å². The maximum absolute atomic E-state index is 12.1. The minimum atomic E-state index is -0.00256. The number of carbonyl (C=O) groups is 1. The Morgan fingerprint density at radius 2 is 1.83 bits per heavy atom. The molecule has 0 bridgehead atoms. The van der Waals surface area contributed by atoms with Crippen molar-refractivity contribution in [1.29, 1.82) is 0 Å². The summed E-state index contributed by atoms with van der Waals surface area (Å²) in [5.41, 5.74) is 1.79. The summed E-state index contributed by atoms with van der Waals surface area (Å²) >= 11 is 0. The molecule has 1 aromatic rings. The van der Waals surface area contributed by atoms with Crippen molar-refractivity contribution in [1.82, 2.24) is 5.32 Å². The fourth-order valence-electron chi connectivity index (χ4n) is 2.57. The fraction of sp³-hybridized carbons (Fsp3) is 0.533. The van der Waals surface area contributed by atoms with E-state index in [9.17, 15) is 4.79 Å². The zero-order chi connectivity index (χ0) is 13.0. The van der Waals surface area contributed by atoms with E-state index in [1.807, 2.05) is 24.3 Å². The van der Waals surface area contributed by atoms with Gasteiger partial charge in [-0.25, -0.2) is 0 Å². The average Bonchev–Trinajstić information content (AvgIpc) is 2.77. The Morgan fingerprint density at radius 3 is 2.39 bits per heavy atom. The molecular weight excluding hydrogens is 224 g/mol. The molecule has 0 aromatic heterocycles. The van der Waals surface area contributed by atoms with E-state index >= 15 is 0 Å². The van der Waals surface area contributed by atoms with E-state index < -0.39 is 0 Å². The van der Waals surface area contributed by atoms with Gasteiger partial charge in [-0.2, -0.15) is 0 Å². The Kier molecular flexibility index (Phi) is 3.90. The number of carbonyl (C=O) groups excluding carboxylic acids is 1. The molecule has 1 fully saturated rings. The summed E-state index contributed by atoms with van der Waals surface area (Å²) in [6.45, 7) is 5.09. The van der Waals surface area contributed by atoms with Gasteiger partial charge in [-0.3, -0.25) is 4.79 Å². The monoisotopic (exact) mass is 246 g/mol. The maximum atomic E-state index is 12.1. The van der Waals surface area contributed by atoms with Crippen molar-refractivity contribution in [2.75, 3.05) is 11.9 Å². The molecular formula is C15H22N2O. The summed E-state index contributed by atoms with van der Waals surface area (Å²) in [6, 6.07) is 7.67. The summed E-state index contributed by atoms with van der Waals surface area (Å²) in [5, 5.41) is 6.39. The van der Waals surface area contributed by atoms with Gasteiger partial charge in [0.15, 0.2) is 0 Å². The Labute approximate surface area is 109 Å². The van der Waals surface area contributed by atoms with Crippen LogP contribution < -0.4 is 10.6 Å². The predicted octanol–water partition coefficient (Wildman–Crippen LogP) is 3.18. The molecule has 1 amide bonds. The SMILES string of the molecule is CCNc1ccc(C(=O)NC2(C)CCCC2)cc1. The summed E-state index contributed by atoms with van der Waals surface area (Å²) in [7, 11) is 0. The molecule has 1 aliphatic carbocycles.